The quantitative estimate of drug-likeness (QED) is 0.856. The Balaban J connectivity index is 2.65. The number of benzene rings is 1. The summed E-state index contributed by atoms with van der Waals surface area (Å²) in [5, 5.41) is 3.13. The maximum atomic E-state index is 12.4. The van der Waals surface area contributed by atoms with Gasteiger partial charge < -0.3 is 10.1 Å². The first kappa shape index (κ1) is 16.0. The SMILES string of the molecule is CCNC(COC(C)C(F)(F)F)c1ccc(C)cc1. The Labute approximate surface area is 112 Å². The van der Waals surface area contributed by atoms with E-state index in [1.165, 1.54) is 0 Å². The van der Waals surface area contributed by atoms with Crippen LogP contribution in [0, 0.1) is 6.92 Å². The topological polar surface area (TPSA) is 21.3 Å². The molecular formula is C14H20F3NO. The molecule has 0 fully saturated rings. The molecule has 0 radical (unpaired) electrons. The maximum Gasteiger partial charge on any atom is 0.414 e. The minimum absolute atomic E-state index is 0.00240. The Morgan fingerprint density at radius 1 is 1.21 bits per heavy atom. The summed E-state index contributed by atoms with van der Waals surface area (Å²) < 4.78 is 42.1. The third kappa shape index (κ3) is 5.20. The van der Waals surface area contributed by atoms with Crippen LogP contribution in [0.3, 0.4) is 0 Å². The molecule has 0 spiro atoms. The minimum Gasteiger partial charge on any atom is -0.367 e. The van der Waals surface area contributed by atoms with Crippen molar-refractivity contribution < 1.29 is 17.9 Å². The van der Waals surface area contributed by atoms with Crippen LogP contribution in [0.25, 0.3) is 0 Å². The van der Waals surface area contributed by atoms with E-state index < -0.39 is 12.3 Å². The molecule has 0 saturated heterocycles. The van der Waals surface area contributed by atoms with E-state index in [0.29, 0.717) is 6.54 Å². The standard InChI is InChI=1S/C14H20F3NO/c1-4-18-13(9-19-11(3)14(15,16)17)12-7-5-10(2)6-8-12/h5-8,11,13,18H,4,9H2,1-3H3. The number of rotatable bonds is 6. The van der Waals surface area contributed by atoms with Gasteiger partial charge in [-0.1, -0.05) is 36.8 Å². The van der Waals surface area contributed by atoms with Gasteiger partial charge >= 0.3 is 6.18 Å². The summed E-state index contributed by atoms with van der Waals surface area (Å²) in [5.41, 5.74) is 2.05. The molecule has 2 atom stereocenters. The van der Waals surface area contributed by atoms with Crippen LogP contribution in [0.5, 0.6) is 0 Å². The first-order chi connectivity index (χ1) is 8.84. The van der Waals surface area contributed by atoms with Gasteiger partial charge in [0.2, 0.25) is 0 Å². The highest BCUT2D eigenvalue weighted by Crippen LogP contribution is 2.24. The van der Waals surface area contributed by atoms with Crippen molar-refractivity contribution in [3.63, 3.8) is 0 Å². The summed E-state index contributed by atoms with van der Waals surface area (Å²) in [5.74, 6) is 0. The van der Waals surface area contributed by atoms with Gasteiger partial charge in [-0.05, 0) is 26.0 Å². The van der Waals surface area contributed by atoms with Crippen molar-refractivity contribution in [3.8, 4) is 0 Å². The largest absolute Gasteiger partial charge is 0.414 e. The molecule has 2 nitrogen and oxygen atoms in total. The lowest BCUT2D eigenvalue weighted by atomic mass is 10.1. The fourth-order valence-electron chi connectivity index (χ4n) is 1.65. The summed E-state index contributed by atoms with van der Waals surface area (Å²) in [4.78, 5) is 0. The number of halogens is 3. The van der Waals surface area contributed by atoms with Gasteiger partial charge in [0, 0.05) is 0 Å². The van der Waals surface area contributed by atoms with Crippen LogP contribution >= 0.6 is 0 Å². The lowest BCUT2D eigenvalue weighted by Crippen LogP contribution is -2.33. The van der Waals surface area contributed by atoms with Gasteiger partial charge in [0.05, 0.1) is 12.6 Å². The van der Waals surface area contributed by atoms with E-state index >= 15 is 0 Å². The fraction of sp³-hybridized carbons (Fsp3) is 0.571. The Morgan fingerprint density at radius 2 is 1.79 bits per heavy atom. The second kappa shape index (κ2) is 6.91. The number of ether oxygens (including phenoxy) is 1. The minimum atomic E-state index is -4.32. The van der Waals surface area contributed by atoms with E-state index in [0.717, 1.165) is 18.1 Å². The zero-order valence-electron chi connectivity index (χ0n) is 11.4. The second-order valence-electron chi connectivity index (χ2n) is 4.54. The highest BCUT2D eigenvalue weighted by atomic mass is 19.4. The monoisotopic (exact) mass is 275 g/mol. The molecule has 0 aromatic heterocycles. The van der Waals surface area contributed by atoms with Crippen LogP contribution < -0.4 is 5.32 Å². The summed E-state index contributed by atoms with van der Waals surface area (Å²) in [6, 6.07) is 7.46. The van der Waals surface area contributed by atoms with E-state index in [9.17, 15) is 13.2 Å². The molecular weight excluding hydrogens is 255 g/mol. The van der Waals surface area contributed by atoms with Crippen LogP contribution in [0.15, 0.2) is 24.3 Å². The Morgan fingerprint density at radius 3 is 2.26 bits per heavy atom. The van der Waals surface area contributed by atoms with Gasteiger partial charge in [-0.25, -0.2) is 0 Å². The van der Waals surface area contributed by atoms with E-state index in [1.54, 1.807) is 0 Å². The highest BCUT2D eigenvalue weighted by molar-refractivity contribution is 5.24. The van der Waals surface area contributed by atoms with Gasteiger partial charge in [-0.3, -0.25) is 0 Å². The van der Waals surface area contributed by atoms with Crippen molar-refractivity contribution in [3.05, 3.63) is 35.4 Å². The number of hydrogen-bond acceptors (Lipinski definition) is 2. The first-order valence-corrected chi connectivity index (χ1v) is 6.32. The van der Waals surface area contributed by atoms with E-state index in [2.05, 4.69) is 5.32 Å². The molecule has 1 aromatic rings. The van der Waals surface area contributed by atoms with Crippen molar-refractivity contribution in [1.29, 1.82) is 0 Å². The predicted molar refractivity (Wildman–Crippen MR) is 69.1 cm³/mol. The molecule has 0 aliphatic heterocycles. The molecule has 2 unspecified atom stereocenters. The lowest BCUT2D eigenvalue weighted by Gasteiger charge is -2.22. The average Bonchev–Trinajstić information content (AvgIpc) is 2.34. The van der Waals surface area contributed by atoms with Crippen molar-refractivity contribution in [1.82, 2.24) is 5.32 Å². The van der Waals surface area contributed by atoms with Gasteiger partial charge in [0.25, 0.3) is 0 Å². The number of nitrogens with one attached hydrogen (secondary N) is 1. The molecule has 0 heterocycles. The lowest BCUT2D eigenvalue weighted by molar-refractivity contribution is -0.215. The van der Waals surface area contributed by atoms with Crippen molar-refractivity contribution in [2.45, 2.75) is 39.1 Å². The number of aryl methyl sites for hydroxylation is 1. The number of alkyl halides is 3. The van der Waals surface area contributed by atoms with Gasteiger partial charge in [0.1, 0.15) is 0 Å². The molecule has 108 valence electrons. The third-order valence-corrected chi connectivity index (χ3v) is 2.90. The van der Waals surface area contributed by atoms with Crippen molar-refractivity contribution >= 4 is 0 Å². The smallest absolute Gasteiger partial charge is 0.367 e. The van der Waals surface area contributed by atoms with Crippen LogP contribution in [-0.4, -0.2) is 25.4 Å². The molecule has 5 heteroatoms. The van der Waals surface area contributed by atoms with Crippen molar-refractivity contribution in [2.75, 3.05) is 13.2 Å². The van der Waals surface area contributed by atoms with Gasteiger partial charge in [0.15, 0.2) is 6.10 Å². The van der Waals surface area contributed by atoms with Crippen LogP contribution in [0.2, 0.25) is 0 Å². The summed E-state index contributed by atoms with van der Waals surface area (Å²) >= 11 is 0. The Hall–Kier alpha value is -1.07. The van der Waals surface area contributed by atoms with Gasteiger partial charge in [-0.15, -0.1) is 0 Å². The highest BCUT2D eigenvalue weighted by Gasteiger charge is 2.37. The predicted octanol–water partition coefficient (Wildman–Crippen LogP) is 3.61. The average molecular weight is 275 g/mol. The summed E-state index contributed by atoms with van der Waals surface area (Å²) in [6.45, 7) is 5.57. The van der Waals surface area contributed by atoms with E-state index in [-0.39, 0.29) is 12.6 Å². The zero-order valence-corrected chi connectivity index (χ0v) is 11.4. The first-order valence-electron chi connectivity index (χ1n) is 6.32. The molecule has 0 aliphatic rings. The van der Waals surface area contributed by atoms with E-state index in [1.807, 2.05) is 38.1 Å². The fourth-order valence-corrected chi connectivity index (χ4v) is 1.65. The second-order valence-corrected chi connectivity index (χ2v) is 4.54. The van der Waals surface area contributed by atoms with Gasteiger partial charge in [-0.2, -0.15) is 13.2 Å². The Bertz CT molecular complexity index is 375. The molecule has 19 heavy (non-hydrogen) atoms. The molecule has 1 N–H and O–H groups in total. The van der Waals surface area contributed by atoms with Crippen LogP contribution in [-0.2, 0) is 4.74 Å². The normalized spacial score (nSPS) is 15.3. The zero-order chi connectivity index (χ0) is 14.5. The molecule has 0 saturated carbocycles. The van der Waals surface area contributed by atoms with Crippen LogP contribution in [0.1, 0.15) is 31.0 Å². The molecule has 0 bridgehead atoms. The molecule has 1 aromatic carbocycles. The third-order valence-electron chi connectivity index (χ3n) is 2.90. The molecule has 1 rings (SSSR count). The van der Waals surface area contributed by atoms with Crippen LogP contribution in [0.4, 0.5) is 13.2 Å². The maximum absolute atomic E-state index is 12.4. The molecule has 0 aliphatic carbocycles. The van der Waals surface area contributed by atoms with Crippen molar-refractivity contribution in [2.24, 2.45) is 0 Å². The summed E-state index contributed by atoms with van der Waals surface area (Å²) in [6.07, 6.45) is -6.07. The van der Waals surface area contributed by atoms with E-state index in [4.69, 9.17) is 4.74 Å². The summed E-state index contributed by atoms with van der Waals surface area (Å²) in [7, 11) is 0. The molecule has 0 amide bonds. The Kier molecular flexibility index (Phi) is 5.82. The number of hydrogen-bond donors (Lipinski definition) is 1. The number of likely N-dealkylation sites (N-methyl/N-ethyl adjacent to an activating group) is 1.